The second-order valence-corrected chi connectivity index (χ2v) is 6.11. The molecule has 0 fully saturated rings. The van der Waals surface area contributed by atoms with E-state index < -0.39 is 0 Å². The van der Waals surface area contributed by atoms with Gasteiger partial charge in [0, 0.05) is 28.5 Å². The van der Waals surface area contributed by atoms with Crippen LogP contribution in [-0.2, 0) is 0 Å². The summed E-state index contributed by atoms with van der Waals surface area (Å²) in [5.74, 6) is 0.247. The molecule has 0 spiro atoms. The van der Waals surface area contributed by atoms with E-state index >= 15 is 0 Å². The number of benzene rings is 1. The lowest BCUT2D eigenvalue weighted by atomic mass is 10.1. The number of hydrogen-bond acceptors (Lipinski definition) is 3. The molecule has 2 heterocycles. The zero-order valence-electron chi connectivity index (χ0n) is 12.2. The van der Waals surface area contributed by atoms with E-state index in [-0.39, 0.29) is 18.3 Å². The van der Waals surface area contributed by atoms with Crippen molar-refractivity contribution in [2.45, 2.75) is 13.3 Å². The third kappa shape index (κ3) is 3.54. The normalized spacial score (nSPS) is 14.4. The number of aryl methyl sites for hydroxylation is 1. The van der Waals surface area contributed by atoms with Crippen molar-refractivity contribution < 1.29 is 9.21 Å². The van der Waals surface area contributed by atoms with Crippen LogP contribution in [0.1, 0.15) is 22.5 Å². The summed E-state index contributed by atoms with van der Waals surface area (Å²) in [6.07, 6.45) is 3.11. The fourth-order valence-electron chi connectivity index (χ4n) is 2.51. The van der Waals surface area contributed by atoms with Gasteiger partial charge in [-0.25, -0.2) is 0 Å². The predicted octanol–water partition coefficient (Wildman–Crippen LogP) is 3.58. The number of furan rings is 1. The minimum absolute atomic E-state index is 0. The zero-order chi connectivity index (χ0) is 14.8. The molecule has 0 unspecified atom stereocenters. The third-order valence-electron chi connectivity index (χ3n) is 3.74. The molecule has 0 radical (unpaired) electrons. The molecule has 4 nitrogen and oxygen atoms in total. The summed E-state index contributed by atoms with van der Waals surface area (Å²) < 4.78 is 6.67. The molecule has 2 N–H and O–H groups in total. The molecular formula is C16H18BrClN2O2. The van der Waals surface area contributed by atoms with Crippen LogP contribution in [0.25, 0.3) is 11.0 Å². The molecule has 6 heteroatoms. The maximum atomic E-state index is 12.3. The van der Waals surface area contributed by atoms with Crippen LogP contribution >= 0.6 is 28.3 Å². The van der Waals surface area contributed by atoms with Gasteiger partial charge in [0.2, 0.25) is 0 Å². The van der Waals surface area contributed by atoms with E-state index in [2.05, 4.69) is 32.6 Å². The van der Waals surface area contributed by atoms with E-state index in [1.165, 1.54) is 5.57 Å². The van der Waals surface area contributed by atoms with Crippen LogP contribution in [0.3, 0.4) is 0 Å². The van der Waals surface area contributed by atoms with Crippen LogP contribution in [-0.4, -0.2) is 25.5 Å². The molecule has 22 heavy (non-hydrogen) atoms. The van der Waals surface area contributed by atoms with Crippen molar-refractivity contribution in [1.82, 2.24) is 10.6 Å². The maximum Gasteiger partial charge on any atom is 0.287 e. The predicted molar refractivity (Wildman–Crippen MR) is 93.8 cm³/mol. The van der Waals surface area contributed by atoms with Gasteiger partial charge in [-0.2, -0.15) is 0 Å². The maximum absolute atomic E-state index is 12.3. The van der Waals surface area contributed by atoms with E-state index in [4.69, 9.17) is 4.42 Å². The smallest absolute Gasteiger partial charge is 0.287 e. The van der Waals surface area contributed by atoms with E-state index in [9.17, 15) is 4.79 Å². The van der Waals surface area contributed by atoms with E-state index in [1.807, 2.05) is 25.1 Å². The third-order valence-corrected chi connectivity index (χ3v) is 4.23. The minimum Gasteiger partial charge on any atom is -0.451 e. The number of carbonyl (C=O) groups is 1. The highest BCUT2D eigenvalue weighted by Crippen LogP contribution is 2.28. The van der Waals surface area contributed by atoms with Gasteiger partial charge in [-0.05, 0) is 38.1 Å². The van der Waals surface area contributed by atoms with Gasteiger partial charge < -0.3 is 15.1 Å². The Labute approximate surface area is 143 Å². The fraction of sp³-hybridized carbons (Fsp3) is 0.312. The number of carbonyl (C=O) groups excluding carboxylic acids is 1. The van der Waals surface area contributed by atoms with Crippen molar-refractivity contribution in [3.8, 4) is 0 Å². The van der Waals surface area contributed by atoms with Crippen LogP contribution < -0.4 is 10.6 Å². The number of rotatable bonds is 3. The Balaban J connectivity index is 0.00000176. The molecule has 0 saturated heterocycles. The molecule has 1 aliphatic heterocycles. The average molecular weight is 386 g/mol. The first-order chi connectivity index (χ1) is 10.1. The molecule has 3 rings (SSSR count). The van der Waals surface area contributed by atoms with E-state index in [1.54, 1.807) is 0 Å². The highest BCUT2D eigenvalue weighted by Gasteiger charge is 2.18. The van der Waals surface area contributed by atoms with Gasteiger partial charge in [-0.3, -0.25) is 4.79 Å². The lowest BCUT2D eigenvalue weighted by Crippen LogP contribution is -2.29. The summed E-state index contributed by atoms with van der Waals surface area (Å²) >= 11 is 3.44. The van der Waals surface area contributed by atoms with Crippen molar-refractivity contribution in [1.29, 1.82) is 0 Å². The quantitative estimate of drug-likeness (QED) is 0.794. The molecule has 2 aromatic rings. The Hall–Kier alpha value is -1.30. The summed E-state index contributed by atoms with van der Waals surface area (Å²) in [6, 6.07) is 5.76. The molecule has 0 aliphatic carbocycles. The molecule has 1 aromatic carbocycles. The number of hydrogen-bond donors (Lipinski definition) is 2. The second-order valence-electron chi connectivity index (χ2n) is 5.20. The SMILES string of the molecule is Cc1c(C(=O)NCC2=CCNCC2)oc2ccc(Br)cc12.Cl. The van der Waals surface area contributed by atoms with E-state index in [0.29, 0.717) is 12.3 Å². The Morgan fingerprint density at radius 2 is 2.27 bits per heavy atom. The molecule has 1 aromatic heterocycles. The first kappa shape index (κ1) is 17.1. The van der Waals surface area contributed by atoms with Gasteiger partial charge in [0.15, 0.2) is 5.76 Å². The Bertz CT molecular complexity index is 724. The number of amides is 1. The Kier molecular flexibility index (Phi) is 5.67. The van der Waals surface area contributed by atoms with Gasteiger partial charge in [0.1, 0.15) is 5.58 Å². The van der Waals surface area contributed by atoms with Gasteiger partial charge in [-0.1, -0.05) is 27.6 Å². The summed E-state index contributed by atoms with van der Waals surface area (Å²) in [5, 5.41) is 7.17. The standard InChI is InChI=1S/C16H17BrN2O2.ClH/c1-10-13-8-12(17)2-3-14(13)21-15(10)16(20)19-9-11-4-6-18-7-5-11;/h2-4,8,18H,5-7,9H2,1H3,(H,19,20);1H. The number of fused-ring (bicyclic) bond motifs is 1. The van der Waals surface area contributed by atoms with Crippen LogP contribution in [0.5, 0.6) is 0 Å². The zero-order valence-corrected chi connectivity index (χ0v) is 14.6. The van der Waals surface area contributed by atoms with E-state index in [0.717, 1.165) is 40.5 Å². The lowest BCUT2D eigenvalue weighted by Gasteiger charge is -2.14. The molecule has 0 bridgehead atoms. The monoisotopic (exact) mass is 384 g/mol. The van der Waals surface area contributed by atoms with Crippen molar-refractivity contribution in [2.24, 2.45) is 0 Å². The lowest BCUT2D eigenvalue weighted by molar-refractivity contribution is 0.0930. The first-order valence-electron chi connectivity index (χ1n) is 7.00. The van der Waals surface area contributed by atoms with Crippen molar-refractivity contribution in [3.63, 3.8) is 0 Å². The summed E-state index contributed by atoms with van der Waals surface area (Å²) in [5.41, 5.74) is 2.88. The minimum atomic E-state index is -0.153. The molecule has 0 saturated carbocycles. The summed E-state index contributed by atoms with van der Waals surface area (Å²) in [4.78, 5) is 12.3. The Morgan fingerprint density at radius 3 is 3.00 bits per heavy atom. The molecule has 118 valence electrons. The largest absolute Gasteiger partial charge is 0.451 e. The van der Waals surface area contributed by atoms with Crippen LogP contribution in [0.15, 0.2) is 38.7 Å². The van der Waals surface area contributed by atoms with Crippen molar-refractivity contribution in [2.75, 3.05) is 19.6 Å². The second kappa shape index (κ2) is 7.31. The fourth-order valence-corrected chi connectivity index (χ4v) is 2.88. The van der Waals surface area contributed by atoms with Crippen LogP contribution in [0.2, 0.25) is 0 Å². The molecule has 1 aliphatic rings. The van der Waals surface area contributed by atoms with Gasteiger partial charge in [0.05, 0.1) is 0 Å². The topological polar surface area (TPSA) is 54.3 Å². The Morgan fingerprint density at radius 1 is 1.45 bits per heavy atom. The van der Waals surface area contributed by atoms with Gasteiger partial charge in [-0.15, -0.1) is 12.4 Å². The van der Waals surface area contributed by atoms with Gasteiger partial charge >= 0.3 is 0 Å². The van der Waals surface area contributed by atoms with Gasteiger partial charge in [0.25, 0.3) is 5.91 Å². The van der Waals surface area contributed by atoms with Crippen molar-refractivity contribution >= 4 is 45.2 Å². The highest BCUT2D eigenvalue weighted by atomic mass is 79.9. The van der Waals surface area contributed by atoms with Crippen LogP contribution in [0.4, 0.5) is 0 Å². The average Bonchev–Trinajstić information content (AvgIpc) is 2.83. The number of halogens is 2. The summed E-state index contributed by atoms with van der Waals surface area (Å²) in [6.45, 7) is 4.35. The van der Waals surface area contributed by atoms with Crippen LogP contribution in [0, 0.1) is 6.92 Å². The number of nitrogens with one attached hydrogen (secondary N) is 2. The summed E-state index contributed by atoms with van der Waals surface area (Å²) in [7, 11) is 0. The molecular weight excluding hydrogens is 368 g/mol. The molecule has 0 atom stereocenters. The molecule has 1 amide bonds. The first-order valence-corrected chi connectivity index (χ1v) is 7.80. The highest BCUT2D eigenvalue weighted by molar-refractivity contribution is 9.10. The van der Waals surface area contributed by atoms with Crippen molar-refractivity contribution in [3.05, 3.63) is 45.6 Å².